The maximum Gasteiger partial charge on any atom is 0.0293 e. The second kappa shape index (κ2) is 6.53. The predicted octanol–water partition coefficient (Wildman–Crippen LogP) is 3.44. The molecule has 2 atom stereocenters. The quantitative estimate of drug-likeness (QED) is 0.880. The second-order valence-corrected chi connectivity index (χ2v) is 6.76. The van der Waals surface area contributed by atoms with Gasteiger partial charge in [-0.1, -0.05) is 52.0 Å². The highest BCUT2D eigenvalue weighted by molar-refractivity contribution is 5.22. The molecule has 0 bridgehead atoms. The van der Waals surface area contributed by atoms with Crippen molar-refractivity contribution in [1.29, 1.82) is 0 Å². The zero-order valence-corrected chi connectivity index (χ0v) is 13.4. The highest BCUT2D eigenvalue weighted by Crippen LogP contribution is 2.26. The fraction of sp³-hybridized carbons (Fsp3) is 0.647. The van der Waals surface area contributed by atoms with E-state index < -0.39 is 0 Å². The van der Waals surface area contributed by atoms with Crippen molar-refractivity contribution < 1.29 is 0 Å². The van der Waals surface area contributed by atoms with Gasteiger partial charge >= 0.3 is 0 Å². The number of hydrogen-bond donors (Lipinski definition) is 1. The zero-order chi connectivity index (χ0) is 14.6. The van der Waals surface area contributed by atoms with Gasteiger partial charge in [0.25, 0.3) is 0 Å². The summed E-state index contributed by atoms with van der Waals surface area (Å²) in [5.41, 5.74) is 9.12. The van der Waals surface area contributed by atoms with Crippen molar-refractivity contribution in [2.75, 3.05) is 7.05 Å². The summed E-state index contributed by atoms with van der Waals surface area (Å²) >= 11 is 0. The molecular formula is C17H30N2. The molecular weight excluding hydrogens is 232 g/mol. The Hall–Kier alpha value is -0.860. The third kappa shape index (κ3) is 4.63. The van der Waals surface area contributed by atoms with Crippen molar-refractivity contribution in [2.24, 2.45) is 11.1 Å². The molecule has 1 aromatic carbocycles. The van der Waals surface area contributed by atoms with Crippen molar-refractivity contribution >= 4 is 0 Å². The molecule has 0 aliphatic heterocycles. The van der Waals surface area contributed by atoms with Gasteiger partial charge in [0.2, 0.25) is 0 Å². The van der Waals surface area contributed by atoms with Gasteiger partial charge in [0.1, 0.15) is 0 Å². The molecule has 0 radical (unpaired) electrons. The van der Waals surface area contributed by atoms with Crippen molar-refractivity contribution in [3.63, 3.8) is 0 Å². The lowest BCUT2D eigenvalue weighted by Crippen LogP contribution is -2.51. The second-order valence-electron chi connectivity index (χ2n) is 6.76. The number of likely N-dealkylation sites (N-methyl/N-ethyl adjacent to an activating group) is 1. The van der Waals surface area contributed by atoms with E-state index in [4.69, 9.17) is 5.73 Å². The van der Waals surface area contributed by atoms with Crippen molar-refractivity contribution in [2.45, 2.75) is 59.7 Å². The van der Waals surface area contributed by atoms with E-state index >= 15 is 0 Å². The Kier molecular flexibility index (Phi) is 5.57. The van der Waals surface area contributed by atoms with Crippen LogP contribution >= 0.6 is 0 Å². The van der Waals surface area contributed by atoms with Crippen LogP contribution in [0.1, 0.15) is 45.7 Å². The topological polar surface area (TPSA) is 29.3 Å². The molecule has 0 heterocycles. The van der Waals surface area contributed by atoms with Crippen LogP contribution in [-0.2, 0) is 13.0 Å². The Morgan fingerprint density at radius 2 is 1.58 bits per heavy atom. The van der Waals surface area contributed by atoms with Gasteiger partial charge in [-0.3, -0.25) is 4.90 Å². The van der Waals surface area contributed by atoms with Crippen LogP contribution in [0.15, 0.2) is 24.3 Å². The number of aryl methyl sites for hydroxylation is 1. The molecule has 0 aliphatic carbocycles. The molecule has 19 heavy (non-hydrogen) atoms. The Labute approximate surface area is 119 Å². The highest BCUT2D eigenvalue weighted by atomic mass is 15.2. The number of rotatable bonds is 5. The number of nitrogens with zero attached hydrogens (tertiary/aromatic N) is 1. The lowest BCUT2D eigenvalue weighted by molar-refractivity contribution is 0.100. The first kappa shape index (κ1) is 16.2. The van der Waals surface area contributed by atoms with E-state index in [9.17, 15) is 0 Å². The van der Waals surface area contributed by atoms with Crippen LogP contribution in [0.3, 0.4) is 0 Å². The average Bonchev–Trinajstić information content (AvgIpc) is 2.27. The Bertz CT molecular complexity index is 373. The van der Waals surface area contributed by atoms with Gasteiger partial charge in [-0.05, 0) is 36.9 Å². The summed E-state index contributed by atoms with van der Waals surface area (Å²) in [5.74, 6) is 0. The van der Waals surface area contributed by atoms with Crippen LogP contribution < -0.4 is 5.73 Å². The molecule has 108 valence electrons. The molecule has 2 heteroatoms. The van der Waals surface area contributed by atoms with Crippen molar-refractivity contribution in [3.8, 4) is 0 Å². The summed E-state index contributed by atoms with van der Waals surface area (Å²) in [6.07, 6.45) is 1.10. The van der Waals surface area contributed by atoms with E-state index in [0.717, 1.165) is 13.0 Å². The van der Waals surface area contributed by atoms with E-state index in [1.165, 1.54) is 11.1 Å². The van der Waals surface area contributed by atoms with E-state index in [0.29, 0.717) is 6.04 Å². The van der Waals surface area contributed by atoms with Crippen LogP contribution in [0.5, 0.6) is 0 Å². The number of hydrogen-bond acceptors (Lipinski definition) is 2. The first-order valence-corrected chi connectivity index (χ1v) is 7.29. The third-order valence-electron chi connectivity index (χ3n) is 3.72. The Balaban J connectivity index is 2.78. The fourth-order valence-corrected chi connectivity index (χ4v) is 3.12. The molecule has 0 aliphatic rings. The van der Waals surface area contributed by atoms with Gasteiger partial charge in [0, 0.05) is 18.6 Å². The SMILES string of the molecule is CCc1ccc(CN(C)C(C(C)N)C(C)(C)C)cc1. The maximum absolute atomic E-state index is 6.18. The summed E-state index contributed by atoms with van der Waals surface area (Å²) in [6.45, 7) is 12.0. The first-order valence-electron chi connectivity index (χ1n) is 7.29. The van der Waals surface area contributed by atoms with Crippen LogP contribution in [0.25, 0.3) is 0 Å². The highest BCUT2D eigenvalue weighted by Gasteiger charge is 2.31. The fourth-order valence-electron chi connectivity index (χ4n) is 3.12. The molecule has 0 aromatic heterocycles. The summed E-state index contributed by atoms with van der Waals surface area (Å²) < 4.78 is 0. The monoisotopic (exact) mass is 262 g/mol. The zero-order valence-electron chi connectivity index (χ0n) is 13.4. The molecule has 0 saturated carbocycles. The van der Waals surface area contributed by atoms with E-state index in [2.05, 4.69) is 70.8 Å². The molecule has 2 N–H and O–H groups in total. The van der Waals surface area contributed by atoms with Gasteiger partial charge in [-0.25, -0.2) is 0 Å². The van der Waals surface area contributed by atoms with E-state index in [1.807, 2.05) is 0 Å². The number of nitrogens with two attached hydrogens (primary N) is 1. The van der Waals surface area contributed by atoms with Gasteiger partial charge in [-0.2, -0.15) is 0 Å². The maximum atomic E-state index is 6.18. The standard InChI is InChI=1S/C17H30N2/c1-7-14-8-10-15(11-9-14)12-19(6)16(13(2)18)17(3,4)5/h8-11,13,16H,7,12,18H2,1-6H3. The predicted molar refractivity (Wildman–Crippen MR) is 84.2 cm³/mol. The van der Waals surface area contributed by atoms with Gasteiger partial charge in [0.05, 0.1) is 0 Å². The Morgan fingerprint density at radius 1 is 1.11 bits per heavy atom. The van der Waals surface area contributed by atoms with E-state index in [1.54, 1.807) is 0 Å². The summed E-state index contributed by atoms with van der Waals surface area (Å²) in [4.78, 5) is 2.38. The normalized spacial score (nSPS) is 15.6. The summed E-state index contributed by atoms with van der Waals surface area (Å²) in [6, 6.07) is 9.45. The molecule has 0 amide bonds. The van der Waals surface area contributed by atoms with Crippen molar-refractivity contribution in [3.05, 3.63) is 35.4 Å². The molecule has 0 fully saturated rings. The molecule has 0 saturated heterocycles. The minimum absolute atomic E-state index is 0.167. The largest absolute Gasteiger partial charge is 0.327 e. The molecule has 2 nitrogen and oxygen atoms in total. The van der Waals surface area contributed by atoms with Crippen molar-refractivity contribution in [1.82, 2.24) is 4.90 Å². The van der Waals surface area contributed by atoms with Gasteiger partial charge in [-0.15, -0.1) is 0 Å². The van der Waals surface area contributed by atoms with Crippen LogP contribution in [0, 0.1) is 5.41 Å². The van der Waals surface area contributed by atoms with Crippen LogP contribution in [0.2, 0.25) is 0 Å². The third-order valence-corrected chi connectivity index (χ3v) is 3.72. The molecule has 2 unspecified atom stereocenters. The minimum atomic E-state index is 0.167. The molecule has 1 rings (SSSR count). The van der Waals surface area contributed by atoms with E-state index in [-0.39, 0.29) is 11.5 Å². The Morgan fingerprint density at radius 3 is 1.95 bits per heavy atom. The van der Waals surface area contributed by atoms with Crippen LogP contribution in [-0.4, -0.2) is 24.0 Å². The summed E-state index contributed by atoms with van der Waals surface area (Å²) in [7, 11) is 2.17. The summed E-state index contributed by atoms with van der Waals surface area (Å²) in [5, 5.41) is 0. The lowest BCUT2D eigenvalue weighted by Gasteiger charge is -2.40. The van der Waals surface area contributed by atoms with Gasteiger partial charge < -0.3 is 5.73 Å². The molecule has 1 aromatic rings. The minimum Gasteiger partial charge on any atom is -0.327 e. The average molecular weight is 262 g/mol. The van der Waals surface area contributed by atoms with Gasteiger partial charge in [0.15, 0.2) is 0 Å². The number of benzene rings is 1. The van der Waals surface area contributed by atoms with Crippen LogP contribution in [0.4, 0.5) is 0 Å². The lowest BCUT2D eigenvalue weighted by atomic mass is 9.82. The smallest absolute Gasteiger partial charge is 0.0293 e. The first-order chi connectivity index (χ1) is 8.75. The molecule has 0 spiro atoms.